The van der Waals surface area contributed by atoms with Crippen LogP contribution in [-0.2, 0) is 4.74 Å². The van der Waals surface area contributed by atoms with E-state index < -0.39 is 0 Å². The first-order valence-corrected chi connectivity index (χ1v) is 6.29. The molecule has 1 atom stereocenters. The van der Waals surface area contributed by atoms with Crippen LogP contribution in [0.3, 0.4) is 0 Å². The van der Waals surface area contributed by atoms with Crippen LogP contribution in [0.1, 0.15) is 46.5 Å². The summed E-state index contributed by atoms with van der Waals surface area (Å²) in [5.74, 6) is 0.965. The van der Waals surface area contributed by atoms with E-state index in [4.69, 9.17) is 4.74 Å². The molecule has 0 radical (unpaired) electrons. The van der Waals surface area contributed by atoms with Crippen molar-refractivity contribution in [1.82, 2.24) is 5.32 Å². The SMILES string of the molecule is CNC(COCCC1CCC1)C(C)(C)C. The predicted molar refractivity (Wildman–Crippen MR) is 65.1 cm³/mol. The minimum Gasteiger partial charge on any atom is -0.380 e. The largest absolute Gasteiger partial charge is 0.380 e. The van der Waals surface area contributed by atoms with Crippen LogP contribution in [0, 0.1) is 11.3 Å². The summed E-state index contributed by atoms with van der Waals surface area (Å²) >= 11 is 0. The van der Waals surface area contributed by atoms with E-state index >= 15 is 0 Å². The molecule has 90 valence electrons. The van der Waals surface area contributed by atoms with Gasteiger partial charge in [0.15, 0.2) is 0 Å². The molecule has 0 heterocycles. The lowest BCUT2D eigenvalue weighted by molar-refractivity contribution is 0.0633. The smallest absolute Gasteiger partial charge is 0.0624 e. The molecule has 15 heavy (non-hydrogen) atoms. The van der Waals surface area contributed by atoms with Crippen LogP contribution in [0.5, 0.6) is 0 Å². The van der Waals surface area contributed by atoms with Gasteiger partial charge in [0.25, 0.3) is 0 Å². The standard InChI is InChI=1S/C13H27NO/c1-13(2,3)12(14-4)10-15-9-8-11-6-5-7-11/h11-12,14H,5-10H2,1-4H3. The van der Waals surface area contributed by atoms with Crippen LogP contribution in [0.2, 0.25) is 0 Å². The van der Waals surface area contributed by atoms with E-state index in [1.807, 2.05) is 7.05 Å². The van der Waals surface area contributed by atoms with Gasteiger partial charge < -0.3 is 10.1 Å². The fourth-order valence-corrected chi connectivity index (χ4v) is 2.00. The van der Waals surface area contributed by atoms with Crippen LogP contribution in [0.25, 0.3) is 0 Å². The Morgan fingerprint density at radius 2 is 2.00 bits per heavy atom. The molecule has 1 aliphatic rings. The summed E-state index contributed by atoms with van der Waals surface area (Å²) in [6.45, 7) is 8.54. The predicted octanol–water partition coefficient (Wildman–Crippen LogP) is 2.83. The molecule has 2 heteroatoms. The maximum Gasteiger partial charge on any atom is 0.0624 e. The van der Waals surface area contributed by atoms with E-state index in [-0.39, 0.29) is 5.41 Å². The average molecular weight is 213 g/mol. The Labute approximate surface area is 94.8 Å². The van der Waals surface area contributed by atoms with Crippen molar-refractivity contribution in [3.8, 4) is 0 Å². The first-order chi connectivity index (χ1) is 7.04. The zero-order valence-corrected chi connectivity index (χ0v) is 10.8. The van der Waals surface area contributed by atoms with Crippen LogP contribution < -0.4 is 5.32 Å². The molecular formula is C13H27NO. The fraction of sp³-hybridized carbons (Fsp3) is 1.00. The van der Waals surface area contributed by atoms with E-state index in [1.54, 1.807) is 0 Å². The molecule has 1 N–H and O–H groups in total. The van der Waals surface area contributed by atoms with Gasteiger partial charge in [-0.05, 0) is 24.8 Å². The lowest BCUT2D eigenvalue weighted by atomic mass is 9.83. The van der Waals surface area contributed by atoms with Gasteiger partial charge in [0.05, 0.1) is 6.61 Å². The zero-order chi connectivity index (χ0) is 11.3. The molecule has 0 aromatic heterocycles. The molecule has 1 unspecified atom stereocenters. The number of rotatable bonds is 6. The summed E-state index contributed by atoms with van der Waals surface area (Å²) < 4.78 is 5.76. The number of nitrogens with one attached hydrogen (secondary N) is 1. The molecule has 1 saturated carbocycles. The molecule has 0 aromatic carbocycles. The van der Waals surface area contributed by atoms with Gasteiger partial charge in [0.2, 0.25) is 0 Å². The molecule has 1 rings (SSSR count). The maximum absolute atomic E-state index is 5.76. The lowest BCUT2D eigenvalue weighted by Gasteiger charge is -2.31. The summed E-state index contributed by atoms with van der Waals surface area (Å²) in [4.78, 5) is 0. The van der Waals surface area contributed by atoms with Crippen molar-refractivity contribution in [2.24, 2.45) is 11.3 Å². The Kier molecular flexibility index (Phi) is 5.07. The Bertz CT molecular complexity index is 170. The van der Waals surface area contributed by atoms with E-state index in [9.17, 15) is 0 Å². The summed E-state index contributed by atoms with van der Waals surface area (Å²) in [5.41, 5.74) is 0.283. The Morgan fingerprint density at radius 1 is 1.33 bits per heavy atom. The minimum absolute atomic E-state index is 0.283. The third-order valence-electron chi connectivity index (χ3n) is 3.57. The molecule has 1 fully saturated rings. The third kappa shape index (κ3) is 4.52. The van der Waals surface area contributed by atoms with E-state index in [2.05, 4.69) is 26.1 Å². The van der Waals surface area contributed by atoms with Crippen molar-refractivity contribution in [2.75, 3.05) is 20.3 Å². The molecule has 0 bridgehead atoms. The molecule has 0 aliphatic heterocycles. The highest BCUT2D eigenvalue weighted by atomic mass is 16.5. The fourth-order valence-electron chi connectivity index (χ4n) is 2.00. The van der Waals surface area contributed by atoms with Crippen LogP contribution >= 0.6 is 0 Å². The molecule has 0 saturated heterocycles. The summed E-state index contributed by atoms with van der Waals surface area (Å²) in [6.07, 6.45) is 5.56. The normalized spacial score (nSPS) is 20.0. The molecule has 0 amide bonds. The van der Waals surface area contributed by atoms with Gasteiger partial charge in [-0.2, -0.15) is 0 Å². The molecular weight excluding hydrogens is 186 g/mol. The van der Waals surface area contributed by atoms with Crippen molar-refractivity contribution in [3.63, 3.8) is 0 Å². The summed E-state index contributed by atoms with van der Waals surface area (Å²) in [7, 11) is 2.02. The van der Waals surface area contributed by atoms with Crippen LogP contribution in [0.4, 0.5) is 0 Å². The second kappa shape index (κ2) is 5.86. The number of likely N-dealkylation sites (N-methyl/N-ethyl adjacent to an activating group) is 1. The molecule has 0 aromatic rings. The van der Waals surface area contributed by atoms with Gasteiger partial charge in [0.1, 0.15) is 0 Å². The second-order valence-corrected chi connectivity index (χ2v) is 5.87. The third-order valence-corrected chi connectivity index (χ3v) is 3.57. The number of hydrogen-bond acceptors (Lipinski definition) is 2. The first kappa shape index (κ1) is 13.0. The van der Waals surface area contributed by atoms with Gasteiger partial charge in [-0.25, -0.2) is 0 Å². The topological polar surface area (TPSA) is 21.3 Å². The van der Waals surface area contributed by atoms with Crippen molar-refractivity contribution >= 4 is 0 Å². The highest BCUT2D eigenvalue weighted by Crippen LogP contribution is 2.29. The molecule has 0 spiro atoms. The monoisotopic (exact) mass is 213 g/mol. The van der Waals surface area contributed by atoms with E-state index in [0.717, 1.165) is 19.1 Å². The lowest BCUT2D eigenvalue weighted by Crippen LogP contribution is -2.41. The quantitative estimate of drug-likeness (QED) is 0.685. The van der Waals surface area contributed by atoms with E-state index in [1.165, 1.54) is 25.7 Å². The Morgan fingerprint density at radius 3 is 2.40 bits per heavy atom. The number of ether oxygens (including phenoxy) is 1. The van der Waals surface area contributed by atoms with Crippen molar-refractivity contribution < 1.29 is 4.74 Å². The molecule has 1 aliphatic carbocycles. The summed E-state index contributed by atoms with van der Waals surface area (Å²) in [6, 6.07) is 0.457. The first-order valence-electron chi connectivity index (χ1n) is 6.29. The zero-order valence-electron chi connectivity index (χ0n) is 10.8. The van der Waals surface area contributed by atoms with Crippen molar-refractivity contribution in [3.05, 3.63) is 0 Å². The van der Waals surface area contributed by atoms with Crippen LogP contribution in [-0.4, -0.2) is 26.3 Å². The van der Waals surface area contributed by atoms with Gasteiger partial charge in [0, 0.05) is 12.6 Å². The highest BCUT2D eigenvalue weighted by Gasteiger charge is 2.23. The molecule has 2 nitrogen and oxygen atoms in total. The second-order valence-electron chi connectivity index (χ2n) is 5.87. The summed E-state index contributed by atoms with van der Waals surface area (Å²) in [5, 5.41) is 3.33. The van der Waals surface area contributed by atoms with Crippen LogP contribution in [0.15, 0.2) is 0 Å². The Hall–Kier alpha value is -0.0800. The number of hydrogen-bond donors (Lipinski definition) is 1. The average Bonchev–Trinajstić information content (AvgIpc) is 2.05. The maximum atomic E-state index is 5.76. The van der Waals surface area contributed by atoms with E-state index in [0.29, 0.717) is 6.04 Å². The highest BCUT2D eigenvalue weighted by molar-refractivity contribution is 4.78. The Balaban J connectivity index is 2.06. The van der Waals surface area contributed by atoms with Crippen molar-refractivity contribution in [2.45, 2.75) is 52.5 Å². The van der Waals surface area contributed by atoms with Gasteiger partial charge in [-0.1, -0.05) is 40.0 Å². The van der Waals surface area contributed by atoms with Gasteiger partial charge in [-0.15, -0.1) is 0 Å². The minimum atomic E-state index is 0.283. The van der Waals surface area contributed by atoms with Crippen molar-refractivity contribution in [1.29, 1.82) is 0 Å². The van der Waals surface area contributed by atoms with Gasteiger partial charge >= 0.3 is 0 Å². The van der Waals surface area contributed by atoms with Gasteiger partial charge in [-0.3, -0.25) is 0 Å².